The van der Waals surface area contributed by atoms with Crippen molar-refractivity contribution >= 4 is 23.4 Å². The Balaban J connectivity index is 1.74. The number of hydrogen-bond donors (Lipinski definition) is 1. The zero-order valence-corrected chi connectivity index (χ0v) is 27.5. The minimum absolute atomic E-state index is 0.121. The van der Waals surface area contributed by atoms with Gasteiger partial charge >= 0.3 is 0 Å². The maximum Gasteiger partial charge on any atom is 0.248 e. The third-order valence-corrected chi connectivity index (χ3v) is 9.97. The lowest BCUT2D eigenvalue weighted by Crippen LogP contribution is -2.56. The summed E-state index contributed by atoms with van der Waals surface area (Å²) in [7, 11) is 0. The van der Waals surface area contributed by atoms with E-state index in [1.165, 1.54) is 0 Å². The van der Waals surface area contributed by atoms with E-state index in [-0.39, 0.29) is 30.9 Å². The predicted octanol–water partition coefficient (Wildman–Crippen LogP) is 5.13. The fraction of sp³-hybridized carbons (Fsp3) is 0.639. The molecule has 3 aliphatic heterocycles. The van der Waals surface area contributed by atoms with E-state index in [1.54, 1.807) is 26.9 Å². The Kier molecular flexibility index (Phi) is 11.9. The van der Waals surface area contributed by atoms with Gasteiger partial charge in [-0.1, -0.05) is 45.3 Å². The van der Waals surface area contributed by atoms with Gasteiger partial charge in [0.2, 0.25) is 17.7 Å². The van der Waals surface area contributed by atoms with Gasteiger partial charge in [-0.3, -0.25) is 14.4 Å². The van der Waals surface area contributed by atoms with Crippen molar-refractivity contribution in [2.24, 2.45) is 11.8 Å². The van der Waals surface area contributed by atoms with Gasteiger partial charge in [0.05, 0.1) is 24.0 Å². The molecule has 3 aliphatic rings. The van der Waals surface area contributed by atoms with Gasteiger partial charge < -0.3 is 29.3 Å². The van der Waals surface area contributed by atoms with Crippen LogP contribution in [0.1, 0.15) is 78.6 Å². The molecule has 3 saturated heterocycles. The van der Waals surface area contributed by atoms with Crippen molar-refractivity contribution < 1.29 is 29.0 Å². The molecule has 1 N–H and O–H groups in total. The summed E-state index contributed by atoms with van der Waals surface area (Å²) in [6, 6.07) is 6.60. The molecule has 5 atom stereocenters. The molecule has 0 radical (unpaired) electrons. The van der Waals surface area contributed by atoms with Crippen molar-refractivity contribution in [2.75, 3.05) is 44.3 Å². The highest BCUT2D eigenvalue weighted by atomic mass is 16.5. The number of hydrogen-bond acceptors (Lipinski definition) is 6. The first kappa shape index (κ1) is 34.7. The summed E-state index contributed by atoms with van der Waals surface area (Å²) in [6.07, 6.45) is 10.0. The summed E-state index contributed by atoms with van der Waals surface area (Å²) in [5.74, 6) is -1.23. The zero-order valence-electron chi connectivity index (χ0n) is 27.5. The van der Waals surface area contributed by atoms with E-state index in [0.717, 1.165) is 25.7 Å². The zero-order chi connectivity index (χ0) is 32.6. The van der Waals surface area contributed by atoms with Crippen LogP contribution >= 0.6 is 0 Å². The van der Waals surface area contributed by atoms with Crippen LogP contribution in [0.15, 0.2) is 49.6 Å². The average molecular weight is 624 g/mol. The van der Waals surface area contributed by atoms with Crippen molar-refractivity contribution in [3.05, 3.63) is 49.6 Å². The van der Waals surface area contributed by atoms with Crippen molar-refractivity contribution in [3.63, 3.8) is 0 Å². The van der Waals surface area contributed by atoms with Crippen LogP contribution in [0, 0.1) is 11.8 Å². The number of rotatable bonds is 19. The van der Waals surface area contributed by atoms with Gasteiger partial charge in [0.15, 0.2) is 0 Å². The second kappa shape index (κ2) is 15.4. The highest BCUT2D eigenvalue weighted by molar-refractivity contribution is 6.03. The molecule has 2 bridgehead atoms. The summed E-state index contributed by atoms with van der Waals surface area (Å²) < 4.78 is 12.6. The molecule has 1 spiro atoms. The third-order valence-electron chi connectivity index (χ3n) is 9.97. The summed E-state index contributed by atoms with van der Waals surface area (Å²) >= 11 is 0. The first-order chi connectivity index (χ1) is 21.8. The second-order valence-electron chi connectivity index (χ2n) is 12.6. The molecule has 0 aromatic heterocycles. The lowest BCUT2D eigenvalue weighted by Gasteiger charge is -2.37. The van der Waals surface area contributed by atoms with Gasteiger partial charge in [-0.2, -0.15) is 0 Å². The molecule has 2 unspecified atom stereocenters. The van der Waals surface area contributed by atoms with Crippen molar-refractivity contribution in [1.82, 2.24) is 9.80 Å². The number of carbonyl (C=O) groups excluding carboxylic acids is 3. The van der Waals surface area contributed by atoms with E-state index >= 15 is 0 Å². The maximum atomic E-state index is 14.7. The smallest absolute Gasteiger partial charge is 0.248 e. The molecule has 45 heavy (non-hydrogen) atoms. The van der Waals surface area contributed by atoms with Gasteiger partial charge in [0, 0.05) is 38.5 Å². The van der Waals surface area contributed by atoms with Crippen LogP contribution in [-0.2, 0) is 19.1 Å². The number of ether oxygens (including phenoxy) is 2. The molecule has 9 nitrogen and oxygen atoms in total. The molecular weight excluding hydrogens is 570 g/mol. The summed E-state index contributed by atoms with van der Waals surface area (Å²) in [6.45, 7) is 16.2. The first-order valence-corrected chi connectivity index (χ1v) is 16.9. The number of amides is 3. The highest BCUT2D eigenvalue weighted by Crippen LogP contribution is 2.64. The lowest BCUT2D eigenvalue weighted by molar-refractivity contribution is -0.152. The molecular formula is C36H53N3O6. The number of aliphatic hydroxyl groups is 1. The number of likely N-dealkylation sites (tertiary alicyclic amines) is 1. The SMILES string of the molecule is C=CCN(CCCC)C(=O)C1N(CCCCCCO)C(=O)[C@@H]2[C@H](C(=O)N(CC=C)c3ccc(OCC)cc3)[C@]3(CC)CCC12O3. The Morgan fingerprint density at radius 1 is 1.02 bits per heavy atom. The van der Waals surface area contributed by atoms with Crippen LogP contribution in [0.4, 0.5) is 5.69 Å². The van der Waals surface area contributed by atoms with Crippen molar-refractivity contribution in [1.29, 1.82) is 0 Å². The fourth-order valence-corrected chi connectivity index (χ4v) is 7.84. The Hall–Kier alpha value is -3.17. The first-order valence-electron chi connectivity index (χ1n) is 16.9. The lowest BCUT2D eigenvalue weighted by atomic mass is 9.64. The molecule has 248 valence electrons. The van der Waals surface area contributed by atoms with E-state index in [2.05, 4.69) is 20.1 Å². The second-order valence-corrected chi connectivity index (χ2v) is 12.6. The van der Waals surface area contributed by atoms with E-state index in [1.807, 2.05) is 38.1 Å². The monoisotopic (exact) mass is 623 g/mol. The number of fused-ring (bicyclic) bond motifs is 1. The van der Waals surface area contributed by atoms with Crippen LogP contribution in [0.2, 0.25) is 0 Å². The van der Waals surface area contributed by atoms with Crippen LogP contribution in [0.5, 0.6) is 5.75 Å². The van der Waals surface area contributed by atoms with Crippen LogP contribution in [0.25, 0.3) is 0 Å². The molecule has 9 heteroatoms. The molecule has 4 rings (SSSR count). The number of anilines is 1. The summed E-state index contributed by atoms with van der Waals surface area (Å²) in [5.41, 5.74) is -1.21. The molecule has 3 fully saturated rings. The van der Waals surface area contributed by atoms with E-state index in [9.17, 15) is 19.5 Å². The Morgan fingerprint density at radius 3 is 2.36 bits per heavy atom. The summed E-state index contributed by atoms with van der Waals surface area (Å²) in [5, 5.41) is 9.24. The number of benzene rings is 1. The molecule has 3 heterocycles. The Bertz CT molecular complexity index is 1200. The van der Waals surface area contributed by atoms with Gasteiger partial charge in [-0.15, -0.1) is 13.2 Å². The number of carbonyl (C=O) groups is 3. The topological polar surface area (TPSA) is 99.6 Å². The van der Waals surface area contributed by atoms with E-state index in [0.29, 0.717) is 69.8 Å². The molecule has 1 aromatic carbocycles. The molecule has 1 aromatic rings. The van der Waals surface area contributed by atoms with Gasteiger partial charge in [0.25, 0.3) is 0 Å². The van der Waals surface area contributed by atoms with Crippen LogP contribution < -0.4 is 9.64 Å². The summed E-state index contributed by atoms with van der Waals surface area (Å²) in [4.78, 5) is 49.1. The maximum absolute atomic E-state index is 14.7. The quantitative estimate of drug-likeness (QED) is 0.170. The largest absolute Gasteiger partial charge is 0.494 e. The average Bonchev–Trinajstić information content (AvgIpc) is 3.65. The van der Waals surface area contributed by atoms with E-state index in [4.69, 9.17) is 9.47 Å². The fourth-order valence-electron chi connectivity index (χ4n) is 7.84. The predicted molar refractivity (Wildman–Crippen MR) is 176 cm³/mol. The van der Waals surface area contributed by atoms with Gasteiger partial charge in [-0.25, -0.2) is 0 Å². The Labute approximate surface area is 269 Å². The van der Waals surface area contributed by atoms with E-state index < -0.39 is 29.1 Å². The van der Waals surface area contributed by atoms with Gasteiger partial charge in [-0.05, 0) is 69.7 Å². The third kappa shape index (κ3) is 6.57. The molecule has 3 amide bonds. The standard InChI is InChI=1S/C36H53N3O6/c1-6-11-24-37(22-7-2)34(43)31-36-21-20-35(9-4,45-36)29(30(36)33(42)39(31)25-14-12-13-15-26-40)32(41)38(23-8-3)27-16-18-28(19-17-27)44-10-5/h7-8,16-19,29-31,40H,2-3,6,9-15,20-26H2,1,4-5H3/t29-,30+,31?,35+,36?/m1/s1. The molecule has 0 aliphatic carbocycles. The number of unbranched alkanes of at least 4 members (excludes halogenated alkanes) is 4. The highest BCUT2D eigenvalue weighted by Gasteiger charge is 2.79. The van der Waals surface area contributed by atoms with Gasteiger partial charge in [0.1, 0.15) is 17.4 Å². The Morgan fingerprint density at radius 2 is 1.73 bits per heavy atom. The molecule has 0 saturated carbocycles. The number of aliphatic hydroxyl groups excluding tert-OH is 1. The van der Waals surface area contributed by atoms with Crippen LogP contribution in [0.3, 0.4) is 0 Å². The number of nitrogens with zero attached hydrogens (tertiary/aromatic N) is 3. The van der Waals surface area contributed by atoms with Crippen molar-refractivity contribution in [3.8, 4) is 5.75 Å². The minimum Gasteiger partial charge on any atom is -0.494 e. The van der Waals surface area contributed by atoms with Crippen LogP contribution in [-0.4, -0.2) is 89.3 Å². The van der Waals surface area contributed by atoms with Crippen molar-refractivity contribution in [2.45, 2.75) is 95.8 Å². The normalized spacial score (nSPS) is 26.5. The minimum atomic E-state index is -1.07.